The summed E-state index contributed by atoms with van der Waals surface area (Å²) in [7, 11) is 0. The lowest BCUT2D eigenvalue weighted by Gasteiger charge is -2.22. The van der Waals surface area contributed by atoms with Crippen LogP contribution in [0.25, 0.3) is 111 Å². The fourth-order valence-corrected chi connectivity index (χ4v) is 8.68. The van der Waals surface area contributed by atoms with Gasteiger partial charge in [0.1, 0.15) is 11.2 Å². The van der Waals surface area contributed by atoms with Gasteiger partial charge in [-0.15, -0.1) is 0 Å². The van der Waals surface area contributed by atoms with Crippen LogP contribution in [-0.2, 0) is 0 Å². The summed E-state index contributed by atoms with van der Waals surface area (Å²) < 4.78 is 6.56. The van der Waals surface area contributed by atoms with Gasteiger partial charge in [0, 0.05) is 10.8 Å². The van der Waals surface area contributed by atoms with E-state index in [1.807, 2.05) is 12.1 Å². The Morgan fingerprint density at radius 1 is 0.407 bits per heavy atom. The Morgan fingerprint density at radius 2 is 0.944 bits per heavy atom. The third-order valence-corrected chi connectivity index (χ3v) is 11.0. The molecule has 10 aromatic rings. The lowest BCUT2D eigenvalue weighted by molar-refractivity contribution is 0.669. The van der Waals surface area contributed by atoms with Crippen LogP contribution in [0, 0.1) is 0 Å². The molecule has 0 fully saturated rings. The van der Waals surface area contributed by atoms with Crippen LogP contribution in [0.4, 0.5) is 0 Å². The summed E-state index contributed by atoms with van der Waals surface area (Å²) in [5.41, 5.74) is 13.6. The molecule has 1 aromatic heterocycles. The third kappa shape index (κ3) is 4.94. The molecule has 0 saturated carbocycles. The Morgan fingerprint density at radius 3 is 1.65 bits per heavy atom. The van der Waals surface area contributed by atoms with Gasteiger partial charge < -0.3 is 4.42 Å². The van der Waals surface area contributed by atoms with Gasteiger partial charge in [0.15, 0.2) is 0 Å². The van der Waals surface area contributed by atoms with Gasteiger partial charge >= 0.3 is 0 Å². The zero-order valence-electron chi connectivity index (χ0n) is 30.0. The minimum absolute atomic E-state index is 0.889. The van der Waals surface area contributed by atoms with Crippen LogP contribution in [-0.4, -0.2) is 0 Å². The Kier molecular flexibility index (Phi) is 7.59. The second kappa shape index (κ2) is 12.9. The largest absolute Gasteiger partial charge is 0.456 e. The molecule has 9 aromatic carbocycles. The summed E-state index contributed by atoms with van der Waals surface area (Å²) in [5, 5.41) is 9.51. The summed E-state index contributed by atoms with van der Waals surface area (Å²) in [4.78, 5) is 0. The molecule has 0 N–H and O–H groups in total. The van der Waals surface area contributed by atoms with Crippen LogP contribution in [0.1, 0.15) is 18.1 Å². The summed E-state index contributed by atoms with van der Waals surface area (Å²) >= 11 is 0. The Bertz CT molecular complexity index is 3070. The van der Waals surface area contributed by atoms with Crippen molar-refractivity contribution >= 4 is 66.4 Å². The molecule has 0 aliphatic carbocycles. The van der Waals surface area contributed by atoms with E-state index >= 15 is 0 Å². The molecular weight excluding hydrogens is 653 g/mol. The highest BCUT2D eigenvalue weighted by Crippen LogP contribution is 2.50. The van der Waals surface area contributed by atoms with Gasteiger partial charge in [-0.1, -0.05) is 176 Å². The van der Waals surface area contributed by atoms with E-state index in [4.69, 9.17) is 4.42 Å². The molecule has 1 heterocycles. The van der Waals surface area contributed by atoms with Gasteiger partial charge in [-0.2, -0.15) is 0 Å². The van der Waals surface area contributed by atoms with Gasteiger partial charge in [-0.25, -0.2) is 0 Å². The predicted octanol–water partition coefficient (Wildman–Crippen LogP) is 15.4. The molecule has 0 atom stereocenters. The lowest BCUT2D eigenvalue weighted by atomic mass is 9.81. The van der Waals surface area contributed by atoms with Gasteiger partial charge in [0.2, 0.25) is 0 Å². The maximum Gasteiger partial charge on any atom is 0.136 e. The SMILES string of the molecule is C=Cc1c(/C=C\C)cccc1-c1ccccc1-c1c2ccccc2c(-c2cc3c(cc2-c2cccc4ccccc24)oc2ccccc23)c2ccccc12. The van der Waals surface area contributed by atoms with Crippen molar-refractivity contribution in [3.05, 3.63) is 194 Å². The van der Waals surface area contributed by atoms with Gasteiger partial charge in [-0.3, -0.25) is 0 Å². The molecule has 10 rings (SSSR count). The van der Waals surface area contributed by atoms with Crippen molar-refractivity contribution in [2.24, 2.45) is 0 Å². The number of fused-ring (bicyclic) bond motifs is 6. The number of allylic oxidation sites excluding steroid dienone is 1. The molecular formula is C53H36O. The van der Waals surface area contributed by atoms with E-state index in [-0.39, 0.29) is 0 Å². The highest BCUT2D eigenvalue weighted by Gasteiger charge is 2.23. The van der Waals surface area contributed by atoms with E-state index in [2.05, 4.69) is 189 Å². The molecule has 0 aliphatic rings. The first kappa shape index (κ1) is 31.7. The first-order valence-electron chi connectivity index (χ1n) is 18.6. The summed E-state index contributed by atoms with van der Waals surface area (Å²) in [6.07, 6.45) is 6.25. The maximum atomic E-state index is 6.56. The smallest absolute Gasteiger partial charge is 0.136 e. The standard InChI is InChI=1S/C53H36O/c1-3-17-34-19-15-29-38(36(34)4-2)40-22-7-8-24-42(40)52-43-25-9-11-27-45(43)53(46-28-12-10-26-44(46)52)49-32-48-41-23-13-14-31-50(41)54-51(48)33-47(49)39-30-16-20-35-18-5-6-21-37(35)39/h3-33H,2H2,1H3/b17-3-. The zero-order chi connectivity index (χ0) is 36.2. The van der Waals surface area contributed by atoms with Crippen molar-refractivity contribution in [3.8, 4) is 44.5 Å². The molecule has 0 bridgehead atoms. The number of furan rings is 1. The van der Waals surface area contributed by atoms with E-state index in [0.29, 0.717) is 0 Å². The van der Waals surface area contributed by atoms with Crippen LogP contribution in [0.15, 0.2) is 187 Å². The van der Waals surface area contributed by atoms with E-state index in [1.165, 1.54) is 71.3 Å². The molecule has 0 saturated heterocycles. The average molecular weight is 689 g/mol. The Hall–Kier alpha value is -6.96. The first-order chi connectivity index (χ1) is 26.7. The van der Waals surface area contributed by atoms with Crippen molar-refractivity contribution in [2.75, 3.05) is 0 Å². The van der Waals surface area contributed by atoms with E-state index in [1.54, 1.807) is 0 Å². The van der Waals surface area contributed by atoms with Crippen LogP contribution >= 0.6 is 0 Å². The number of para-hydroxylation sites is 1. The van der Waals surface area contributed by atoms with Gasteiger partial charge in [-0.05, 0) is 113 Å². The molecule has 1 heteroatoms. The van der Waals surface area contributed by atoms with Crippen molar-refractivity contribution in [1.29, 1.82) is 0 Å². The first-order valence-corrected chi connectivity index (χ1v) is 18.6. The van der Waals surface area contributed by atoms with Crippen LogP contribution in [0.5, 0.6) is 0 Å². The van der Waals surface area contributed by atoms with E-state index < -0.39 is 0 Å². The minimum Gasteiger partial charge on any atom is -0.456 e. The zero-order valence-corrected chi connectivity index (χ0v) is 30.0. The van der Waals surface area contributed by atoms with E-state index in [0.717, 1.165) is 38.6 Å². The fraction of sp³-hybridized carbons (Fsp3) is 0.0189. The molecule has 0 spiro atoms. The Labute approximate surface area is 314 Å². The summed E-state index contributed by atoms with van der Waals surface area (Å²) in [6, 6.07) is 61.6. The van der Waals surface area contributed by atoms with Crippen LogP contribution < -0.4 is 0 Å². The van der Waals surface area contributed by atoms with Crippen LogP contribution in [0.3, 0.4) is 0 Å². The molecule has 1 nitrogen and oxygen atoms in total. The van der Waals surface area contributed by atoms with Crippen molar-refractivity contribution in [1.82, 2.24) is 0 Å². The highest BCUT2D eigenvalue weighted by molar-refractivity contribution is 6.25. The second-order valence-electron chi connectivity index (χ2n) is 13.9. The van der Waals surface area contributed by atoms with Crippen molar-refractivity contribution in [2.45, 2.75) is 6.92 Å². The highest BCUT2D eigenvalue weighted by atomic mass is 16.3. The molecule has 0 unspecified atom stereocenters. The monoisotopic (exact) mass is 688 g/mol. The second-order valence-corrected chi connectivity index (χ2v) is 13.9. The number of hydrogen-bond acceptors (Lipinski definition) is 1. The summed E-state index contributed by atoms with van der Waals surface area (Å²) in [5.74, 6) is 0. The number of rotatable bonds is 6. The number of benzene rings is 9. The van der Waals surface area contributed by atoms with Crippen molar-refractivity contribution in [3.63, 3.8) is 0 Å². The Balaban J connectivity index is 1.34. The fourth-order valence-electron chi connectivity index (χ4n) is 8.68. The van der Waals surface area contributed by atoms with E-state index in [9.17, 15) is 0 Å². The molecule has 0 radical (unpaired) electrons. The molecule has 54 heavy (non-hydrogen) atoms. The molecule has 0 amide bonds. The normalized spacial score (nSPS) is 11.8. The predicted molar refractivity (Wildman–Crippen MR) is 233 cm³/mol. The maximum absolute atomic E-state index is 6.56. The third-order valence-electron chi connectivity index (χ3n) is 11.0. The molecule has 0 aliphatic heterocycles. The van der Waals surface area contributed by atoms with Crippen molar-refractivity contribution < 1.29 is 4.42 Å². The average Bonchev–Trinajstić information content (AvgIpc) is 3.59. The lowest BCUT2D eigenvalue weighted by Crippen LogP contribution is -1.95. The van der Waals surface area contributed by atoms with Gasteiger partial charge in [0.05, 0.1) is 0 Å². The quantitative estimate of drug-likeness (QED) is 0.159. The van der Waals surface area contributed by atoms with Gasteiger partial charge in [0.25, 0.3) is 0 Å². The number of hydrogen-bond donors (Lipinski definition) is 0. The topological polar surface area (TPSA) is 13.1 Å². The minimum atomic E-state index is 0.889. The van der Waals surface area contributed by atoms with Crippen LogP contribution in [0.2, 0.25) is 0 Å². The molecule has 254 valence electrons. The summed E-state index contributed by atoms with van der Waals surface area (Å²) in [6.45, 7) is 6.32.